The molecule has 0 aliphatic carbocycles. The molecule has 156 valence electrons. The first-order valence-corrected chi connectivity index (χ1v) is 10.4. The zero-order valence-corrected chi connectivity index (χ0v) is 17.5. The number of piperazine rings is 1. The lowest BCUT2D eigenvalue weighted by molar-refractivity contribution is -0.127. The van der Waals surface area contributed by atoms with Crippen molar-refractivity contribution in [2.45, 2.75) is 39.0 Å². The molecule has 8 nitrogen and oxygen atoms in total. The van der Waals surface area contributed by atoms with E-state index in [1.54, 1.807) is 7.05 Å². The molecule has 3 amide bonds. The minimum absolute atomic E-state index is 0.247. The molecule has 2 fully saturated rings. The molecule has 2 saturated heterocycles. The summed E-state index contributed by atoms with van der Waals surface area (Å²) >= 11 is 0. The first-order valence-electron chi connectivity index (χ1n) is 10.4. The molecule has 0 aromatic heterocycles. The maximum absolute atomic E-state index is 12.5. The van der Waals surface area contributed by atoms with Crippen LogP contribution in [0.15, 0.2) is 29.3 Å². The molecule has 4 rings (SSSR count). The smallest absolute Gasteiger partial charge is 0.325 e. The van der Waals surface area contributed by atoms with Crippen LogP contribution >= 0.6 is 0 Å². The number of nitrogens with zero attached hydrogens (tertiary/aromatic N) is 5. The number of nitrogens with one attached hydrogen (secondary N) is 1. The molecular formula is C21H30N6O2. The highest BCUT2D eigenvalue weighted by Gasteiger charge is 2.49. The highest BCUT2D eigenvalue weighted by atomic mass is 16.2. The van der Waals surface area contributed by atoms with Gasteiger partial charge in [-0.15, -0.1) is 0 Å². The SMILES string of the molecule is CCCN1C(N2CCN(Cc3ccc(C)cc3)CC2)=NC2C1C(=O)NC(=O)N2C. The van der Waals surface area contributed by atoms with Crippen LogP contribution < -0.4 is 5.32 Å². The minimum atomic E-state index is -0.441. The molecule has 3 heterocycles. The number of carbonyl (C=O) groups excluding carboxylic acids is 2. The molecular weight excluding hydrogens is 368 g/mol. The van der Waals surface area contributed by atoms with Crippen LogP contribution in [0.2, 0.25) is 0 Å². The van der Waals surface area contributed by atoms with E-state index in [0.29, 0.717) is 0 Å². The van der Waals surface area contributed by atoms with Gasteiger partial charge in [0, 0.05) is 46.3 Å². The zero-order chi connectivity index (χ0) is 20.5. The average Bonchev–Trinajstić information content (AvgIpc) is 3.09. The Bertz CT molecular complexity index is 800. The second kappa shape index (κ2) is 8.02. The van der Waals surface area contributed by atoms with Gasteiger partial charge in [-0.3, -0.25) is 15.0 Å². The van der Waals surface area contributed by atoms with Crippen LogP contribution in [0.5, 0.6) is 0 Å². The third-order valence-corrected chi connectivity index (χ3v) is 5.99. The number of imide groups is 1. The van der Waals surface area contributed by atoms with E-state index in [1.165, 1.54) is 16.0 Å². The van der Waals surface area contributed by atoms with Gasteiger partial charge >= 0.3 is 6.03 Å². The number of aliphatic imine (C=N–C) groups is 1. The molecule has 29 heavy (non-hydrogen) atoms. The number of rotatable bonds is 4. The van der Waals surface area contributed by atoms with Crippen LogP contribution in [0.25, 0.3) is 0 Å². The van der Waals surface area contributed by atoms with E-state index in [4.69, 9.17) is 4.99 Å². The second-order valence-electron chi connectivity index (χ2n) is 8.14. The predicted octanol–water partition coefficient (Wildman–Crippen LogP) is 1.07. The molecule has 1 N–H and O–H groups in total. The number of guanidine groups is 1. The second-order valence-corrected chi connectivity index (χ2v) is 8.14. The van der Waals surface area contributed by atoms with Gasteiger partial charge < -0.3 is 14.7 Å². The van der Waals surface area contributed by atoms with E-state index in [9.17, 15) is 9.59 Å². The molecule has 0 spiro atoms. The summed E-state index contributed by atoms with van der Waals surface area (Å²) in [6, 6.07) is 7.90. The van der Waals surface area contributed by atoms with Crippen LogP contribution in [0.4, 0.5) is 4.79 Å². The van der Waals surface area contributed by atoms with E-state index < -0.39 is 12.2 Å². The summed E-state index contributed by atoms with van der Waals surface area (Å²) in [7, 11) is 1.70. The maximum Gasteiger partial charge on any atom is 0.325 e. The van der Waals surface area contributed by atoms with Gasteiger partial charge in [-0.2, -0.15) is 0 Å². The fourth-order valence-electron chi connectivity index (χ4n) is 4.31. The summed E-state index contributed by atoms with van der Waals surface area (Å²) in [5, 5.41) is 2.46. The third-order valence-electron chi connectivity index (χ3n) is 5.99. The number of amides is 3. The Hall–Kier alpha value is -2.61. The van der Waals surface area contributed by atoms with Gasteiger partial charge in [-0.05, 0) is 18.9 Å². The van der Waals surface area contributed by atoms with E-state index in [2.05, 4.69) is 58.1 Å². The summed E-state index contributed by atoms with van der Waals surface area (Å²) in [5.74, 6) is 0.608. The number of carbonyl (C=O) groups is 2. The molecule has 3 aliphatic rings. The van der Waals surface area contributed by atoms with E-state index in [0.717, 1.165) is 51.6 Å². The molecule has 1 aromatic rings. The molecule has 1 aromatic carbocycles. The predicted molar refractivity (Wildman–Crippen MR) is 111 cm³/mol. The zero-order valence-electron chi connectivity index (χ0n) is 17.5. The van der Waals surface area contributed by atoms with Crippen molar-refractivity contribution in [1.29, 1.82) is 0 Å². The summed E-state index contributed by atoms with van der Waals surface area (Å²) in [6.45, 7) is 9.53. The number of likely N-dealkylation sites (N-methyl/N-ethyl adjacent to an activating group) is 1. The van der Waals surface area contributed by atoms with E-state index in [-0.39, 0.29) is 11.9 Å². The Morgan fingerprint density at radius 3 is 2.45 bits per heavy atom. The minimum Gasteiger partial charge on any atom is -0.340 e. The first kappa shape index (κ1) is 19.7. The Morgan fingerprint density at radius 1 is 1.10 bits per heavy atom. The van der Waals surface area contributed by atoms with Crippen molar-refractivity contribution in [3.05, 3.63) is 35.4 Å². The van der Waals surface area contributed by atoms with Crippen LogP contribution in [0.1, 0.15) is 24.5 Å². The summed E-state index contributed by atoms with van der Waals surface area (Å²) in [6.07, 6.45) is 0.476. The summed E-state index contributed by atoms with van der Waals surface area (Å²) in [5.41, 5.74) is 2.61. The monoisotopic (exact) mass is 398 g/mol. The van der Waals surface area contributed by atoms with E-state index >= 15 is 0 Å². The van der Waals surface area contributed by atoms with Crippen molar-refractivity contribution in [2.75, 3.05) is 39.8 Å². The van der Waals surface area contributed by atoms with Crippen molar-refractivity contribution >= 4 is 17.9 Å². The number of aryl methyl sites for hydroxylation is 1. The highest BCUT2D eigenvalue weighted by Crippen LogP contribution is 2.26. The van der Waals surface area contributed by atoms with Crippen molar-refractivity contribution in [1.82, 2.24) is 24.9 Å². The fraction of sp³-hybridized carbons (Fsp3) is 0.571. The van der Waals surface area contributed by atoms with Crippen LogP contribution in [0, 0.1) is 6.92 Å². The number of hydrogen-bond acceptors (Lipinski definition) is 6. The molecule has 0 saturated carbocycles. The van der Waals surface area contributed by atoms with Crippen LogP contribution in [-0.4, -0.2) is 89.5 Å². The van der Waals surface area contributed by atoms with Gasteiger partial charge in [0.05, 0.1) is 0 Å². The maximum atomic E-state index is 12.5. The van der Waals surface area contributed by atoms with Gasteiger partial charge in [-0.25, -0.2) is 9.79 Å². The number of hydrogen-bond donors (Lipinski definition) is 1. The van der Waals surface area contributed by atoms with E-state index in [1.807, 2.05) is 0 Å². The van der Waals surface area contributed by atoms with Crippen molar-refractivity contribution < 1.29 is 9.59 Å². The Labute approximate surface area is 172 Å². The topological polar surface area (TPSA) is 71.5 Å². The van der Waals surface area contributed by atoms with Crippen molar-refractivity contribution in [3.8, 4) is 0 Å². The molecule has 0 bridgehead atoms. The lowest BCUT2D eigenvalue weighted by Crippen LogP contribution is -2.64. The normalized spacial score (nSPS) is 25.2. The van der Waals surface area contributed by atoms with Gasteiger partial charge in [0.1, 0.15) is 0 Å². The fourth-order valence-corrected chi connectivity index (χ4v) is 4.31. The first-order chi connectivity index (χ1) is 14.0. The van der Waals surface area contributed by atoms with Crippen LogP contribution in [0.3, 0.4) is 0 Å². The largest absolute Gasteiger partial charge is 0.340 e. The molecule has 2 atom stereocenters. The van der Waals surface area contributed by atoms with Gasteiger partial charge in [0.2, 0.25) is 0 Å². The molecule has 2 unspecified atom stereocenters. The Kier molecular flexibility index (Phi) is 5.45. The summed E-state index contributed by atoms with van der Waals surface area (Å²) < 4.78 is 0. The third kappa shape index (κ3) is 3.81. The lowest BCUT2D eigenvalue weighted by Gasteiger charge is -2.40. The van der Waals surface area contributed by atoms with Gasteiger partial charge in [0.15, 0.2) is 18.2 Å². The quantitative estimate of drug-likeness (QED) is 0.822. The van der Waals surface area contributed by atoms with Gasteiger partial charge in [-0.1, -0.05) is 36.8 Å². The Balaban J connectivity index is 1.44. The number of urea groups is 1. The molecule has 0 radical (unpaired) electrons. The Morgan fingerprint density at radius 2 is 1.79 bits per heavy atom. The summed E-state index contributed by atoms with van der Waals surface area (Å²) in [4.78, 5) is 37.7. The van der Waals surface area contributed by atoms with Crippen LogP contribution in [-0.2, 0) is 11.3 Å². The average molecular weight is 399 g/mol. The lowest BCUT2D eigenvalue weighted by atomic mass is 10.1. The van der Waals surface area contributed by atoms with Gasteiger partial charge in [0.25, 0.3) is 5.91 Å². The number of benzene rings is 1. The highest BCUT2D eigenvalue weighted by molar-refractivity contribution is 6.03. The number of fused-ring (bicyclic) bond motifs is 1. The molecule has 8 heteroatoms. The van der Waals surface area contributed by atoms with Crippen molar-refractivity contribution in [2.24, 2.45) is 4.99 Å². The standard InChI is InChI=1S/C21H30N6O2/c1-4-9-27-17-18(24(3)21(29)23-19(17)28)22-20(27)26-12-10-25(11-13-26)14-16-7-5-15(2)6-8-16/h5-8,17-18H,4,9-14H2,1-3H3,(H,23,28,29). The van der Waals surface area contributed by atoms with Crippen molar-refractivity contribution in [3.63, 3.8) is 0 Å². The molecule has 3 aliphatic heterocycles.